The van der Waals surface area contributed by atoms with Crippen LogP contribution in [0.25, 0.3) is 0 Å². The van der Waals surface area contributed by atoms with E-state index in [9.17, 15) is 38.0 Å². The van der Waals surface area contributed by atoms with Crippen molar-refractivity contribution in [2.24, 2.45) is 0 Å². The average molecular weight is 1160 g/mol. The second-order valence-electron chi connectivity index (χ2n) is 18.1. The summed E-state index contributed by atoms with van der Waals surface area (Å²) >= 11 is 0.682. The van der Waals surface area contributed by atoms with Crippen LogP contribution in [0.1, 0.15) is 33.6 Å². The Hall–Kier alpha value is -6.46. The van der Waals surface area contributed by atoms with Crippen LogP contribution in [-0.2, 0) is 38.4 Å². The Labute approximate surface area is 473 Å². The van der Waals surface area contributed by atoms with Crippen molar-refractivity contribution in [3.8, 4) is 0 Å². The fraction of sp³-hybridized carbons (Fsp3) is 0.194. The zero-order valence-corrected chi connectivity index (χ0v) is 47.7. The van der Waals surface area contributed by atoms with Crippen molar-refractivity contribution in [2.75, 3.05) is 53.0 Å². The second kappa shape index (κ2) is 32.7. The van der Waals surface area contributed by atoms with Gasteiger partial charge in [-0.25, -0.2) is 18.0 Å². The molecule has 0 saturated heterocycles. The van der Waals surface area contributed by atoms with Gasteiger partial charge in [-0.3, -0.25) is 5.04 Å². The number of ether oxygens (including phenoxy) is 4. The number of esters is 2. The minimum Gasteiger partial charge on any atom is -0.744 e. The van der Waals surface area contributed by atoms with E-state index in [2.05, 4.69) is 205 Å². The molecular formula is C62H64O14P2S2. The third kappa shape index (κ3) is 19.1. The summed E-state index contributed by atoms with van der Waals surface area (Å²) in [7, 11) is -7.67. The van der Waals surface area contributed by atoms with Crippen LogP contribution >= 0.6 is 26.6 Å². The van der Waals surface area contributed by atoms with Gasteiger partial charge in [0.05, 0.1) is 54.6 Å². The van der Waals surface area contributed by atoms with E-state index in [4.69, 9.17) is 18.9 Å². The third-order valence-corrected chi connectivity index (χ3v) is 21.9. The van der Waals surface area contributed by atoms with Crippen LogP contribution in [-0.4, -0.2) is 100 Å². The predicted octanol–water partition coefficient (Wildman–Crippen LogP) is 7.59. The lowest BCUT2D eigenvalue weighted by molar-refractivity contribution is -0.777. The topological polar surface area (TPSA) is 210 Å². The molecule has 8 aromatic carbocycles. The number of hydrogen-bond acceptors (Lipinski definition) is 15. The number of aliphatic hydroxyl groups is 2. The van der Waals surface area contributed by atoms with Gasteiger partial charge in [0, 0.05) is 18.1 Å². The first-order chi connectivity index (χ1) is 38.7. The van der Waals surface area contributed by atoms with E-state index in [0.717, 1.165) is 24.3 Å². The molecule has 0 heterocycles. The molecule has 0 spiro atoms. The fourth-order valence-electron chi connectivity index (χ4n) is 8.16. The predicted molar refractivity (Wildman–Crippen MR) is 314 cm³/mol. The Balaban J connectivity index is 0.000000214. The molecule has 0 aliphatic carbocycles. The Kier molecular flexibility index (Phi) is 25.6. The van der Waals surface area contributed by atoms with Gasteiger partial charge in [0.15, 0.2) is 0 Å². The molecule has 418 valence electrons. The average Bonchev–Trinajstić information content (AvgIpc) is 3.51. The van der Waals surface area contributed by atoms with Crippen LogP contribution in [0.2, 0.25) is 0 Å². The van der Waals surface area contributed by atoms with Crippen molar-refractivity contribution >= 4 is 80.5 Å². The molecule has 2 N–H and O–H groups in total. The number of hydrogen-bond donors (Lipinski definition) is 2. The van der Waals surface area contributed by atoms with Gasteiger partial charge in [0.1, 0.15) is 81.9 Å². The highest BCUT2D eigenvalue weighted by Crippen LogP contribution is 2.52. The lowest BCUT2D eigenvalue weighted by Gasteiger charge is -2.22. The van der Waals surface area contributed by atoms with Crippen LogP contribution in [0.4, 0.5) is 0 Å². The monoisotopic (exact) mass is 1160 g/mol. The zero-order chi connectivity index (χ0) is 57.1. The second-order valence-corrected chi connectivity index (χ2v) is 27.4. The minimum absolute atomic E-state index is 0.0223. The molecule has 18 heteroatoms. The number of rotatable bonds is 25. The lowest BCUT2D eigenvalue weighted by atomic mass is 10.2. The van der Waals surface area contributed by atoms with Crippen molar-refractivity contribution < 1.29 is 66.3 Å². The van der Waals surface area contributed by atoms with Crippen molar-refractivity contribution in [1.29, 1.82) is 0 Å². The first kappa shape index (κ1) is 62.7. The van der Waals surface area contributed by atoms with Crippen molar-refractivity contribution in [3.05, 3.63) is 242 Å². The Morgan fingerprint density at radius 1 is 0.463 bits per heavy atom. The Morgan fingerprint density at radius 2 is 0.750 bits per heavy atom. The highest BCUT2D eigenvalue weighted by Gasteiger charge is 2.40. The van der Waals surface area contributed by atoms with Crippen LogP contribution in [0.5, 0.6) is 0 Å². The quantitative estimate of drug-likeness (QED) is 0.0107. The summed E-state index contributed by atoms with van der Waals surface area (Å²) in [5.41, 5.74) is 0.267. The maximum Gasteiger partial charge on any atom is 0.338 e. The molecule has 0 saturated carbocycles. The Morgan fingerprint density at radius 3 is 1.02 bits per heavy atom. The van der Waals surface area contributed by atoms with Gasteiger partial charge in [0.25, 0.3) is 0 Å². The Bertz CT molecular complexity index is 2840. The molecule has 0 aliphatic rings. The molecule has 2 atom stereocenters. The van der Waals surface area contributed by atoms with Gasteiger partial charge in [-0.2, -0.15) is 4.33 Å². The number of carbonyl (C=O) groups is 2. The number of aliphatic hydroxyl groups excluding tert-OH is 2. The molecule has 8 rings (SSSR count). The summed E-state index contributed by atoms with van der Waals surface area (Å²) < 4.78 is 57.5. The van der Waals surface area contributed by atoms with E-state index in [1.807, 2.05) is 0 Å². The number of benzene rings is 8. The maximum absolute atomic E-state index is 12.0. The summed E-state index contributed by atoms with van der Waals surface area (Å²) in [6.07, 6.45) is -0.915. The molecule has 8 aromatic rings. The van der Waals surface area contributed by atoms with Gasteiger partial charge < -0.3 is 39.0 Å². The largest absolute Gasteiger partial charge is 0.744 e. The van der Waals surface area contributed by atoms with E-state index in [1.54, 1.807) is 0 Å². The van der Waals surface area contributed by atoms with Crippen molar-refractivity contribution in [1.82, 2.24) is 0 Å². The van der Waals surface area contributed by atoms with Gasteiger partial charge >= 0.3 is 11.9 Å². The molecule has 14 nitrogen and oxygen atoms in total. The van der Waals surface area contributed by atoms with E-state index < -0.39 is 53.7 Å². The third-order valence-electron chi connectivity index (χ3n) is 12.5. The molecule has 0 fully saturated rings. The van der Waals surface area contributed by atoms with Crippen molar-refractivity contribution in [3.63, 3.8) is 0 Å². The van der Waals surface area contributed by atoms with Crippen molar-refractivity contribution in [2.45, 2.75) is 34.8 Å². The van der Waals surface area contributed by atoms with Gasteiger partial charge in [0.2, 0.25) is 0 Å². The van der Waals surface area contributed by atoms with E-state index in [-0.39, 0.29) is 37.6 Å². The maximum atomic E-state index is 12.0. The molecule has 2 unspecified atom stereocenters. The minimum atomic E-state index is -4.62. The standard InChI is InChI=1S/C24H30O14S2.2C19H18P/c25-19(15-35-23(27)17-3-7-21(8-4-17)39-38-37-29)13-33-11-1-2-12-34-14-20(26)16-36-24(28)18-5-9-22(10-6-18)40(30,31)32;2*1-20(17-11-5-2-6-12-17,18-13-7-3-8-14-18)19-15-9-4-10-16-19/h3-10,19-20,25-26,29H,1-2,11-16H2,(H,30,31,32);2*2-16H,1H3/q;2*+1/p-2. The van der Waals surface area contributed by atoms with E-state index >= 15 is 0 Å². The molecule has 0 aromatic heterocycles. The lowest BCUT2D eigenvalue weighted by Crippen LogP contribution is -2.30. The zero-order valence-electron chi connectivity index (χ0n) is 44.3. The molecule has 80 heavy (non-hydrogen) atoms. The summed E-state index contributed by atoms with van der Waals surface area (Å²) in [6, 6.07) is 75.5. The van der Waals surface area contributed by atoms with Gasteiger partial charge in [-0.05, 0) is 134 Å². The summed E-state index contributed by atoms with van der Waals surface area (Å²) in [5.74, 6) is -1.44. The highest BCUT2D eigenvalue weighted by atomic mass is 32.2. The highest BCUT2D eigenvalue weighted by molar-refractivity contribution is 7.95. The smallest absolute Gasteiger partial charge is 0.338 e. The molecule has 0 aliphatic heterocycles. The molecule has 0 radical (unpaired) electrons. The molecule has 0 amide bonds. The number of carbonyl (C=O) groups excluding carboxylic acids is 2. The van der Waals surface area contributed by atoms with Crippen LogP contribution in [0.3, 0.4) is 0 Å². The summed E-state index contributed by atoms with van der Waals surface area (Å²) in [5, 5.41) is 41.4. The first-order valence-electron chi connectivity index (χ1n) is 25.4. The fourth-order valence-corrected chi connectivity index (χ4v) is 15.4. The van der Waals surface area contributed by atoms with Crippen LogP contribution < -0.4 is 37.1 Å². The normalized spacial score (nSPS) is 12.1. The number of unbranched alkanes of at least 4 members (excludes halogenated alkanes) is 1. The van der Waals surface area contributed by atoms with Crippen LogP contribution in [0, 0.1) is 0 Å². The molecule has 0 bridgehead atoms. The van der Waals surface area contributed by atoms with E-state index in [1.165, 1.54) is 56.1 Å². The first-order valence-corrected chi connectivity index (χ1v) is 32.1. The van der Waals surface area contributed by atoms with Gasteiger partial charge in [-0.1, -0.05) is 109 Å². The SMILES string of the molecule is C[P+](c1ccccc1)(c1ccccc1)c1ccccc1.C[P+](c1ccccc1)(c1ccccc1)c1ccccc1.O=C(OCC(O)COCCCCOCC(O)COC(=O)c1ccc(S(=O)(=O)[O-])cc1)c1ccc(SOO[O-])cc1. The summed E-state index contributed by atoms with van der Waals surface area (Å²) in [6.45, 7) is 4.69. The van der Waals surface area contributed by atoms with Crippen LogP contribution in [0.15, 0.2) is 240 Å². The molecular weight excluding hydrogens is 1090 g/mol. The van der Waals surface area contributed by atoms with Gasteiger partial charge in [-0.15, -0.1) is 0 Å². The summed E-state index contributed by atoms with van der Waals surface area (Å²) in [4.78, 5) is 24.0. The van der Waals surface area contributed by atoms with E-state index in [0.29, 0.717) is 43.0 Å².